The van der Waals surface area contributed by atoms with Crippen molar-refractivity contribution in [2.45, 2.75) is 32.5 Å². The number of nitrogens with zero attached hydrogens (tertiary/aromatic N) is 1. The van der Waals surface area contributed by atoms with E-state index >= 15 is 0 Å². The Labute approximate surface area is 145 Å². The summed E-state index contributed by atoms with van der Waals surface area (Å²) in [6.07, 6.45) is -1.61. The van der Waals surface area contributed by atoms with Crippen LogP contribution in [0.4, 0.5) is 23.7 Å². The van der Waals surface area contributed by atoms with Gasteiger partial charge in [-0.05, 0) is 56.9 Å². The molecule has 2 N–H and O–H groups in total. The Morgan fingerprint density at radius 1 is 1.28 bits per heavy atom. The van der Waals surface area contributed by atoms with Crippen LogP contribution in [0, 0.1) is 5.92 Å². The Bertz CT molecular complexity index is 558. The standard InChI is InChI=1S/C17H24F3N3O2/c1-13-7-11-23(12-8-13)10-4-9-21-16(24)22-14-5-2-3-6-15(14)25-17(18,19)20/h2-3,5-6,13H,4,7-12H2,1H3,(H2,21,22,24). The molecule has 0 saturated carbocycles. The molecule has 1 aromatic carbocycles. The third-order valence-electron chi connectivity index (χ3n) is 4.17. The van der Waals surface area contributed by atoms with Gasteiger partial charge in [0.1, 0.15) is 0 Å². The number of para-hydroxylation sites is 2. The Balaban J connectivity index is 1.72. The molecular weight excluding hydrogens is 335 g/mol. The van der Waals surface area contributed by atoms with Crippen LogP contribution in [0.3, 0.4) is 0 Å². The lowest BCUT2D eigenvalue weighted by Crippen LogP contribution is -2.36. The van der Waals surface area contributed by atoms with Crippen LogP contribution in [0.25, 0.3) is 0 Å². The maximum Gasteiger partial charge on any atom is 0.573 e. The second-order valence-electron chi connectivity index (χ2n) is 6.30. The van der Waals surface area contributed by atoms with Gasteiger partial charge in [-0.25, -0.2) is 4.79 Å². The molecule has 1 saturated heterocycles. The smallest absolute Gasteiger partial charge is 0.404 e. The number of benzene rings is 1. The van der Waals surface area contributed by atoms with E-state index in [9.17, 15) is 18.0 Å². The van der Waals surface area contributed by atoms with Crippen LogP contribution in [-0.2, 0) is 0 Å². The van der Waals surface area contributed by atoms with E-state index < -0.39 is 18.1 Å². The molecule has 1 fully saturated rings. The van der Waals surface area contributed by atoms with Gasteiger partial charge in [-0.1, -0.05) is 19.1 Å². The average Bonchev–Trinajstić information content (AvgIpc) is 2.54. The van der Waals surface area contributed by atoms with Gasteiger partial charge < -0.3 is 20.3 Å². The fraction of sp³-hybridized carbons (Fsp3) is 0.588. The number of hydrogen-bond donors (Lipinski definition) is 2. The predicted octanol–water partition coefficient (Wildman–Crippen LogP) is 3.83. The second kappa shape index (κ2) is 8.94. The number of likely N-dealkylation sites (tertiary alicyclic amines) is 1. The number of alkyl halides is 3. The van der Waals surface area contributed by atoms with Crippen molar-refractivity contribution in [3.05, 3.63) is 24.3 Å². The maximum absolute atomic E-state index is 12.4. The summed E-state index contributed by atoms with van der Waals surface area (Å²) in [7, 11) is 0. The highest BCUT2D eigenvalue weighted by Gasteiger charge is 2.32. The Hall–Kier alpha value is -1.96. The summed E-state index contributed by atoms with van der Waals surface area (Å²) in [4.78, 5) is 14.2. The number of hydrogen-bond acceptors (Lipinski definition) is 3. The number of ether oxygens (including phenoxy) is 1. The minimum absolute atomic E-state index is 0.0256. The molecule has 140 valence electrons. The molecule has 8 heteroatoms. The minimum atomic E-state index is -4.81. The van der Waals surface area contributed by atoms with Crippen LogP contribution in [0.2, 0.25) is 0 Å². The van der Waals surface area contributed by atoms with Gasteiger partial charge in [-0.15, -0.1) is 13.2 Å². The SMILES string of the molecule is CC1CCN(CCCNC(=O)Nc2ccccc2OC(F)(F)F)CC1. The van der Waals surface area contributed by atoms with Crippen LogP contribution in [0.5, 0.6) is 5.75 Å². The molecule has 2 amide bonds. The molecule has 1 aromatic rings. The summed E-state index contributed by atoms with van der Waals surface area (Å²) in [6, 6.07) is 4.89. The number of rotatable bonds is 6. The lowest BCUT2D eigenvalue weighted by atomic mass is 9.99. The van der Waals surface area contributed by atoms with E-state index in [0.717, 1.165) is 38.0 Å². The van der Waals surface area contributed by atoms with Gasteiger partial charge in [0.25, 0.3) is 0 Å². The molecular formula is C17H24F3N3O2. The van der Waals surface area contributed by atoms with Gasteiger partial charge >= 0.3 is 12.4 Å². The molecule has 5 nitrogen and oxygen atoms in total. The minimum Gasteiger partial charge on any atom is -0.404 e. The molecule has 0 atom stereocenters. The van der Waals surface area contributed by atoms with Crippen molar-refractivity contribution >= 4 is 11.7 Å². The number of urea groups is 1. The quantitative estimate of drug-likeness (QED) is 0.759. The Kier molecular flexibility index (Phi) is 6.92. The van der Waals surface area contributed by atoms with E-state index in [4.69, 9.17) is 0 Å². The average molecular weight is 359 g/mol. The number of carbonyl (C=O) groups is 1. The van der Waals surface area contributed by atoms with E-state index in [0.29, 0.717) is 6.54 Å². The van der Waals surface area contributed by atoms with Crippen LogP contribution in [0.1, 0.15) is 26.2 Å². The van der Waals surface area contributed by atoms with E-state index in [1.807, 2.05) is 0 Å². The van der Waals surface area contributed by atoms with E-state index in [1.54, 1.807) is 0 Å². The maximum atomic E-state index is 12.4. The fourth-order valence-electron chi connectivity index (χ4n) is 2.74. The number of carbonyl (C=O) groups excluding carboxylic acids is 1. The normalized spacial score (nSPS) is 16.5. The first-order chi connectivity index (χ1) is 11.8. The summed E-state index contributed by atoms with van der Waals surface area (Å²) >= 11 is 0. The van der Waals surface area contributed by atoms with Crippen molar-refractivity contribution in [1.82, 2.24) is 10.2 Å². The summed E-state index contributed by atoms with van der Waals surface area (Å²) in [5, 5.41) is 5.04. The van der Waals surface area contributed by atoms with Crippen molar-refractivity contribution in [3.8, 4) is 5.75 Å². The third kappa shape index (κ3) is 7.21. The van der Waals surface area contributed by atoms with Crippen LogP contribution in [-0.4, -0.2) is 43.5 Å². The molecule has 1 aliphatic rings. The number of anilines is 1. The first kappa shape index (κ1) is 19.4. The van der Waals surface area contributed by atoms with Crippen molar-refractivity contribution < 1.29 is 22.7 Å². The molecule has 0 spiro atoms. The van der Waals surface area contributed by atoms with Gasteiger partial charge in [-0.3, -0.25) is 0 Å². The summed E-state index contributed by atoms with van der Waals surface area (Å²) in [5.74, 6) is 0.340. The molecule has 0 bridgehead atoms. The zero-order valence-electron chi connectivity index (χ0n) is 14.2. The van der Waals surface area contributed by atoms with Crippen molar-refractivity contribution in [2.24, 2.45) is 5.92 Å². The second-order valence-corrected chi connectivity index (χ2v) is 6.30. The number of piperidine rings is 1. The van der Waals surface area contributed by atoms with Crippen LogP contribution < -0.4 is 15.4 Å². The summed E-state index contributed by atoms with van der Waals surface area (Å²) in [6.45, 7) is 5.77. The first-order valence-corrected chi connectivity index (χ1v) is 8.45. The van der Waals surface area contributed by atoms with E-state index in [1.165, 1.54) is 31.0 Å². The highest BCUT2D eigenvalue weighted by molar-refractivity contribution is 5.90. The molecule has 0 radical (unpaired) electrons. The number of nitrogens with one attached hydrogen (secondary N) is 2. The molecule has 0 aromatic heterocycles. The Morgan fingerprint density at radius 3 is 2.64 bits per heavy atom. The highest BCUT2D eigenvalue weighted by Crippen LogP contribution is 2.29. The molecule has 0 aliphatic carbocycles. The Morgan fingerprint density at radius 2 is 1.96 bits per heavy atom. The highest BCUT2D eigenvalue weighted by atomic mass is 19.4. The third-order valence-corrected chi connectivity index (χ3v) is 4.17. The predicted molar refractivity (Wildman–Crippen MR) is 89.6 cm³/mol. The lowest BCUT2D eigenvalue weighted by molar-refractivity contribution is -0.274. The molecule has 2 rings (SSSR count). The zero-order valence-corrected chi connectivity index (χ0v) is 14.2. The largest absolute Gasteiger partial charge is 0.573 e. The van der Waals surface area contributed by atoms with E-state index in [2.05, 4.69) is 27.2 Å². The van der Waals surface area contributed by atoms with Gasteiger partial charge in [0.05, 0.1) is 5.69 Å². The van der Waals surface area contributed by atoms with Crippen molar-refractivity contribution in [2.75, 3.05) is 31.5 Å². The number of amides is 2. The van der Waals surface area contributed by atoms with Gasteiger partial charge in [0.2, 0.25) is 0 Å². The van der Waals surface area contributed by atoms with Gasteiger partial charge in [-0.2, -0.15) is 0 Å². The first-order valence-electron chi connectivity index (χ1n) is 8.45. The molecule has 0 unspecified atom stereocenters. The van der Waals surface area contributed by atoms with Crippen LogP contribution >= 0.6 is 0 Å². The van der Waals surface area contributed by atoms with Crippen molar-refractivity contribution in [3.63, 3.8) is 0 Å². The van der Waals surface area contributed by atoms with Crippen molar-refractivity contribution in [1.29, 1.82) is 0 Å². The number of halogens is 3. The monoisotopic (exact) mass is 359 g/mol. The molecule has 1 aliphatic heterocycles. The van der Waals surface area contributed by atoms with Gasteiger partial charge in [0.15, 0.2) is 5.75 Å². The molecule has 25 heavy (non-hydrogen) atoms. The van der Waals surface area contributed by atoms with Crippen LogP contribution in [0.15, 0.2) is 24.3 Å². The topological polar surface area (TPSA) is 53.6 Å². The zero-order chi connectivity index (χ0) is 18.3. The summed E-state index contributed by atoms with van der Waals surface area (Å²) in [5.41, 5.74) is -0.0256. The van der Waals surface area contributed by atoms with E-state index in [-0.39, 0.29) is 5.69 Å². The molecule has 1 heterocycles. The van der Waals surface area contributed by atoms with Gasteiger partial charge in [0, 0.05) is 6.54 Å². The summed E-state index contributed by atoms with van der Waals surface area (Å²) < 4.78 is 41.0. The fourth-order valence-corrected chi connectivity index (χ4v) is 2.74. The lowest BCUT2D eigenvalue weighted by Gasteiger charge is -2.30.